The van der Waals surface area contributed by atoms with Crippen molar-refractivity contribution in [3.63, 3.8) is 0 Å². The Morgan fingerprint density at radius 3 is 2.84 bits per heavy atom. The first-order chi connectivity index (χ1) is 9.29. The summed E-state index contributed by atoms with van der Waals surface area (Å²) in [6, 6.07) is 13.6. The standard InChI is InChI=1S/C16H13NO2/c1-19-16(18)13-7-4-8-15-14(13)9-11-5-2-3-6-12(11)10-17-15/h2-8,10H,9H2,1H3. The maximum absolute atomic E-state index is 11.8. The highest BCUT2D eigenvalue weighted by atomic mass is 16.5. The Labute approximate surface area is 111 Å². The van der Waals surface area contributed by atoms with E-state index < -0.39 is 0 Å². The van der Waals surface area contributed by atoms with Gasteiger partial charge in [-0.05, 0) is 28.8 Å². The van der Waals surface area contributed by atoms with E-state index in [-0.39, 0.29) is 5.97 Å². The van der Waals surface area contributed by atoms with Crippen molar-refractivity contribution in [1.29, 1.82) is 0 Å². The summed E-state index contributed by atoms with van der Waals surface area (Å²) >= 11 is 0. The molecule has 3 rings (SSSR count). The first-order valence-electron chi connectivity index (χ1n) is 6.12. The fourth-order valence-electron chi connectivity index (χ4n) is 2.33. The molecule has 0 amide bonds. The fraction of sp³-hybridized carbons (Fsp3) is 0.125. The Bertz CT molecular complexity index is 674. The van der Waals surface area contributed by atoms with Crippen molar-refractivity contribution in [3.05, 3.63) is 64.7 Å². The van der Waals surface area contributed by atoms with Crippen LogP contribution in [0.25, 0.3) is 0 Å². The molecule has 0 atom stereocenters. The van der Waals surface area contributed by atoms with Gasteiger partial charge in [-0.3, -0.25) is 4.99 Å². The summed E-state index contributed by atoms with van der Waals surface area (Å²) in [5.41, 5.74) is 4.61. The van der Waals surface area contributed by atoms with Crippen LogP contribution in [0.5, 0.6) is 0 Å². The van der Waals surface area contributed by atoms with E-state index in [9.17, 15) is 4.79 Å². The lowest BCUT2D eigenvalue weighted by Crippen LogP contribution is -2.06. The third-order valence-corrected chi connectivity index (χ3v) is 3.32. The van der Waals surface area contributed by atoms with E-state index in [1.54, 1.807) is 6.07 Å². The number of nitrogens with zero attached hydrogens (tertiary/aromatic N) is 1. The Kier molecular flexibility index (Phi) is 2.88. The molecule has 0 fully saturated rings. The maximum atomic E-state index is 11.8. The zero-order valence-electron chi connectivity index (χ0n) is 10.6. The van der Waals surface area contributed by atoms with Gasteiger partial charge in [-0.15, -0.1) is 0 Å². The van der Waals surface area contributed by atoms with Crippen LogP contribution in [0.3, 0.4) is 0 Å². The number of hydrogen-bond donors (Lipinski definition) is 0. The van der Waals surface area contributed by atoms with E-state index >= 15 is 0 Å². The molecule has 0 bridgehead atoms. The average molecular weight is 251 g/mol. The molecular weight excluding hydrogens is 238 g/mol. The van der Waals surface area contributed by atoms with E-state index in [0.29, 0.717) is 12.0 Å². The number of benzene rings is 2. The normalized spacial score (nSPS) is 12.3. The molecule has 1 heterocycles. The second kappa shape index (κ2) is 4.69. The Hall–Kier alpha value is -2.42. The van der Waals surface area contributed by atoms with Gasteiger partial charge < -0.3 is 4.74 Å². The number of carbonyl (C=O) groups excluding carboxylic acids is 1. The van der Waals surface area contributed by atoms with Crippen molar-refractivity contribution in [2.75, 3.05) is 7.11 Å². The molecule has 1 aliphatic rings. The quantitative estimate of drug-likeness (QED) is 0.623. The molecule has 0 saturated heterocycles. The summed E-state index contributed by atoms with van der Waals surface area (Å²) in [6.45, 7) is 0. The predicted octanol–water partition coefficient (Wildman–Crippen LogP) is 3.13. The highest BCUT2D eigenvalue weighted by Crippen LogP contribution is 2.29. The zero-order valence-corrected chi connectivity index (χ0v) is 10.6. The minimum absolute atomic E-state index is 0.313. The average Bonchev–Trinajstić information content (AvgIpc) is 2.65. The summed E-state index contributed by atoms with van der Waals surface area (Å²) in [7, 11) is 1.40. The lowest BCUT2D eigenvalue weighted by Gasteiger charge is -2.09. The summed E-state index contributed by atoms with van der Waals surface area (Å²) < 4.78 is 4.84. The topological polar surface area (TPSA) is 38.7 Å². The summed E-state index contributed by atoms with van der Waals surface area (Å²) in [5.74, 6) is -0.313. The van der Waals surface area contributed by atoms with Gasteiger partial charge in [0.05, 0.1) is 18.4 Å². The number of hydrogen-bond acceptors (Lipinski definition) is 3. The molecule has 3 nitrogen and oxygen atoms in total. The van der Waals surface area contributed by atoms with Crippen LogP contribution in [0.15, 0.2) is 47.5 Å². The van der Waals surface area contributed by atoms with E-state index in [0.717, 1.165) is 16.8 Å². The molecule has 0 saturated carbocycles. The number of fused-ring (bicyclic) bond motifs is 2. The first kappa shape index (κ1) is 11.7. The lowest BCUT2D eigenvalue weighted by molar-refractivity contribution is 0.0599. The van der Waals surface area contributed by atoms with Crippen molar-refractivity contribution in [1.82, 2.24) is 0 Å². The molecule has 0 spiro atoms. The smallest absolute Gasteiger partial charge is 0.338 e. The van der Waals surface area contributed by atoms with Crippen molar-refractivity contribution in [2.45, 2.75) is 6.42 Å². The maximum Gasteiger partial charge on any atom is 0.338 e. The number of methoxy groups -OCH3 is 1. The third kappa shape index (κ3) is 2.03. The number of esters is 1. The van der Waals surface area contributed by atoms with E-state index in [2.05, 4.69) is 11.1 Å². The van der Waals surface area contributed by atoms with Crippen LogP contribution >= 0.6 is 0 Å². The van der Waals surface area contributed by atoms with Crippen molar-refractivity contribution >= 4 is 17.9 Å². The van der Waals surface area contributed by atoms with Gasteiger partial charge in [0.2, 0.25) is 0 Å². The van der Waals surface area contributed by atoms with Crippen LogP contribution < -0.4 is 0 Å². The number of aliphatic imine (C=N–C) groups is 1. The molecule has 0 unspecified atom stereocenters. The third-order valence-electron chi connectivity index (χ3n) is 3.32. The number of ether oxygens (including phenoxy) is 1. The Morgan fingerprint density at radius 2 is 2.00 bits per heavy atom. The first-order valence-corrected chi connectivity index (χ1v) is 6.12. The van der Waals surface area contributed by atoms with Crippen LogP contribution in [-0.2, 0) is 11.2 Å². The van der Waals surface area contributed by atoms with Gasteiger partial charge in [-0.1, -0.05) is 30.3 Å². The molecule has 0 radical (unpaired) electrons. The highest BCUT2D eigenvalue weighted by Gasteiger charge is 2.18. The largest absolute Gasteiger partial charge is 0.465 e. The molecule has 94 valence electrons. The lowest BCUT2D eigenvalue weighted by atomic mass is 9.96. The molecule has 19 heavy (non-hydrogen) atoms. The minimum Gasteiger partial charge on any atom is -0.465 e. The van der Waals surface area contributed by atoms with Gasteiger partial charge in [0, 0.05) is 12.6 Å². The van der Waals surface area contributed by atoms with Gasteiger partial charge >= 0.3 is 5.97 Å². The molecule has 3 heteroatoms. The van der Waals surface area contributed by atoms with E-state index in [1.807, 2.05) is 36.5 Å². The second-order valence-corrected chi connectivity index (χ2v) is 4.43. The van der Waals surface area contributed by atoms with Gasteiger partial charge in [0.15, 0.2) is 0 Å². The van der Waals surface area contributed by atoms with Crippen molar-refractivity contribution < 1.29 is 9.53 Å². The summed E-state index contributed by atoms with van der Waals surface area (Å²) in [5, 5.41) is 0. The second-order valence-electron chi connectivity index (χ2n) is 4.43. The van der Waals surface area contributed by atoms with E-state index in [4.69, 9.17) is 4.74 Å². The molecular formula is C16H13NO2. The van der Waals surface area contributed by atoms with Gasteiger partial charge in [-0.2, -0.15) is 0 Å². The van der Waals surface area contributed by atoms with Gasteiger partial charge in [0.25, 0.3) is 0 Å². The Balaban J connectivity index is 2.17. The highest BCUT2D eigenvalue weighted by molar-refractivity contribution is 5.94. The van der Waals surface area contributed by atoms with Crippen LogP contribution in [0.1, 0.15) is 27.0 Å². The van der Waals surface area contributed by atoms with Crippen molar-refractivity contribution in [2.24, 2.45) is 4.99 Å². The molecule has 1 aliphatic heterocycles. The molecule has 0 aliphatic carbocycles. The van der Waals surface area contributed by atoms with Gasteiger partial charge in [-0.25, -0.2) is 4.79 Å². The number of carbonyl (C=O) groups is 1. The molecule has 2 aromatic carbocycles. The molecule has 0 N–H and O–H groups in total. The fourth-order valence-corrected chi connectivity index (χ4v) is 2.33. The van der Waals surface area contributed by atoms with Crippen molar-refractivity contribution in [3.8, 4) is 0 Å². The number of rotatable bonds is 1. The predicted molar refractivity (Wildman–Crippen MR) is 74.3 cm³/mol. The Morgan fingerprint density at radius 1 is 1.16 bits per heavy atom. The molecule has 0 aromatic heterocycles. The van der Waals surface area contributed by atoms with Crippen LogP contribution in [0.2, 0.25) is 0 Å². The minimum atomic E-state index is -0.313. The van der Waals surface area contributed by atoms with E-state index in [1.165, 1.54) is 12.7 Å². The monoisotopic (exact) mass is 251 g/mol. The van der Waals surface area contributed by atoms with Crippen LogP contribution in [0, 0.1) is 0 Å². The molecule has 2 aromatic rings. The summed E-state index contributed by atoms with van der Waals surface area (Å²) in [4.78, 5) is 16.3. The van der Waals surface area contributed by atoms with Crippen LogP contribution in [0.4, 0.5) is 5.69 Å². The SMILES string of the molecule is COC(=O)c1cccc2c1Cc1ccccc1C=N2. The summed E-state index contributed by atoms with van der Waals surface area (Å²) in [6.07, 6.45) is 2.54. The van der Waals surface area contributed by atoms with Gasteiger partial charge in [0.1, 0.15) is 0 Å². The zero-order chi connectivity index (χ0) is 13.2. The van der Waals surface area contributed by atoms with Crippen LogP contribution in [-0.4, -0.2) is 19.3 Å².